The third-order valence-electron chi connectivity index (χ3n) is 4.73. The van der Waals surface area contributed by atoms with E-state index in [0.717, 1.165) is 18.8 Å². The molecule has 1 saturated heterocycles. The van der Waals surface area contributed by atoms with E-state index >= 15 is 0 Å². The Bertz CT molecular complexity index is 1130. The number of nitrogens with one attached hydrogen (secondary N) is 1. The molecule has 4 heterocycles. The summed E-state index contributed by atoms with van der Waals surface area (Å²) < 4.78 is 7.27. The van der Waals surface area contributed by atoms with E-state index in [4.69, 9.17) is 4.74 Å². The zero-order chi connectivity index (χ0) is 19.6. The van der Waals surface area contributed by atoms with Gasteiger partial charge in [-0.25, -0.2) is 4.98 Å². The fourth-order valence-electron chi connectivity index (χ4n) is 3.28. The van der Waals surface area contributed by atoms with Gasteiger partial charge in [0.1, 0.15) is 17.9 Å². The molecule has 146 valence electrons. The Hall–Kier alpha value is -3.53. The van der Waals surface area contributed by atoms with Crippen molar-refractivity contribution in [3.05, 3.63) is 59.9 Å². The molecule has 10 heteroatoms. The minimum atomic E-state index is -0.0973. The second kappa shape index (κ2) is 7.47. The largest absolute Gasteiger partial charge is 0.431 e. The number of ether oxygens (including phenoxy) is 1. The molecular weight excluding hydrogens is 390 g/mol. The van der Waals surface area contributed by atoms with Gasteiger partial charge in [-0.15, -0.1) is 15.3 Å². The first-order valence-electron chi connectivity index (χ1n) is 9.15. The van der Waals surface area contributed by atoms with Gasteiger partial charge in [-0.1, -0.05) is 11.3 Å². The molecule has 1 N–H and O–H groups in total. The first-order chi connectivity index (χ1) is 14.2. The van der Waals surface area contributed by atoms with Crippen molar-refractivity contribution in [1.29, 1.82) is 0 Å². The number of nitrogens with zero attached hydrogens (tertiary/aromatic N) is 6. The Morgan fingerprint density at radius 2 is 2.10 bits per heavy atom. The monoisotopic (exact) mass is 407 g/mol. The van der Waals surface area contributed by atoms with Gasteiger partial charge in [-0.2, -0.15) is 4.52 Å². The number of fused-ring (bicyclic) bond motifs is 1. The van der Waals surface area contributed by atoms with Crippen LogP contribution in [-0.2, 0) is 0 Å². The highest BCUT2D eigenvalue weighted by Gasteiger charge is 2.25. The lowest BCUT2D eigenvalue weighted by Crippen LogP contribution is -2.37. The molecule has 29 heavy (non-hydrogen) atoms. The number of anilines is 1. The Balaban J connectivity index is 1.20. The molecule has 1 aliphatic heterocycles. The van der Waals surface area contributed by atoms with Gasteiger partial charge in [-0.3, -0.25) is 4.79 Å². The van der Waals surface area contributed by atoms with Gasteiger partial charge in [-0.05, 0) is 42.8 Å². The Morgan fingerprint density at radius 1 is 1.21 bits per heavy atom. The fourth-order valence-corrected chi connectivity index (χ4v) is 3.78. The number of amides is 1. The van der Waals surface area contributed by atoms with E-state index in [2.05, 4.69) is 30.5 Å². The van der Waals surface area contributed by atoms with E-state index in [0.29, 0.717) is 28.7 Å². The van der Waals surface area contributed by atoms with Crippen molar-refractivity contribution in [3.8, 4) is 10.9 Å². The molecule has 3 aromatic heterocycles. The number of aromatic nitrogens is 5. The molecule has 4 aromatic rings. The van der Waals surface area contributed by atoms with E-state index in [-0.39, 0.29) is 11.9 Å². The zero-order valence-corrected chi connectivity index (χ0v) is 16.1. The molecule has 9 nitrogen and oxygen atoms in total. The van der Waals surface area contributed by atoms with Gasteiger partial charge >= 0.3 is 0 Å². The van der Waals surface area contributed by atoms with Crippen molar-refractivity contribution in [2.75, 3.05) is 18.0 Å². The first kappa shape index (κ1) is 17.6. The topological polar surface area (TPSA) is 97.5 Å². The molecule has 5 rings (SSSR count). The van der Waals surface area contributed by atoms with E-state index in [1.807, 2.05) is 17.5 Å². The molecular formula is C19H17N7O2S. The summed E-state index contributed by atoms with van der Waals surface area (Å²) in [6.07, 6.45) is 4.13. The van der Waals surface area contributed by atoms with Crippen LogP contribution in [0.4, 0.5) is 5.82 Å². The van der Waals surface area contributed by atoms with Gasteiger partial charge in [0.25, 0.3) is 11.1 Å². The average Bonchev–Trinajstić information content (AvgIpc) is 3.50. The number of carbonyl (C=O) groups is 1. The second-order valence-electron chi connectivity index (χ2n) is 6.65. The summed E-state index contributed by atoms with van der Waals surface area (Å²) >= 11 is 1.42. The Morgan fingerprint density at radius 3 is 2.93 bits per heavy atom. The van der Waals surface area contributed by atoms with Crippen LogP contribution in [0.15, 0.2) is 54.3 Å². The van der Waals surface area contributed by atoms with Gasteiger partial charge in [0.2, 0.25) is 0 Å². The third-order valence-corrected chi connectivity index (χ3v) is 5.37. The van der Waals surface area contributed by atoms with Gasteiger partial charge in [0.15, 0.2) is 5.65 Å². The van der Waals surface area contributed by atoms with Crippen molar-refractivity contribution in [3.63, 3.8) is 0 Å². The van der Waals surface area contributed by atoms with Crippen molar-refractivity contribution in [2.45, 2.75) is 12.5 Å². The van der Waals surface area contributed by atoms with Crippen LogP contribution in [0.5, 0.6) is 10.9 Å². The minimum absolute atomic E-state index is 0.0622. The lowest BCUT2D eigenvalue weighted by atomic mass is 10.2. The molecule has 0 radical (unpaired) electrons. The SMILES string of the molecule is O=C(NC1CCN(c2ccc3nncn3n2)C1)c1ccc(Oc2nccs2)cc1. The number of hydrogen-bond donors (Lipinski definition) is 1. The minimum Gasteiger partial charge on any atom is -0.431 e. The highest BCUT2D eigenvalue weighted by Crippen LogP contribution is 2.23. The van der Waals surface area contributed by atoms with E-state index in [1.165, 1.54) is 11.3 Å². The summed E-state index contributed by atoms with van der Waals surface area (Å²) in [6.45, 7) is 1.53. The van der Waals surface area contributed by atoms with Gasteiger partial charge in [0.05, 0.1) is 0 Å². The molecule has 1 atom stereocenters. The van der Waals surface area contributed by atoms with Crippen molar-refractivity contribution >= 4 is 28.7 Å². The molecule has 1 fully saturated rings. The third kappa shape index (κ3) is 3.74. The molecule has 0 spiro atoms. The van der Waals surface area contributed by atoms with Crippen LogP contribution in [0.25, 0.3) is 5.65 Å². The molecule has 1 aromatic carbocycles. The first-order valence-corrected chi connectivity index (χ1v) is 10.0. The summed E-state index contributed by atoms with van der Waals surface area (Å²) in [5.41, 5.74) is 1.30. The maximum absolute atomic E-state index is 12.6. The van der Waals surface area contributed by atoms with Crippen molar-refractivity contribution < 1.29 is 9.53 Å². The summed E-state index contributed by atoms with van der Waals surface area (Å²) in [4.78, 5) is 18.8. The van der Waals surface area contributed by atoms with Crippen LogP contribution in [0.3, 0.4) is 0 Å². The maximum Gasteiger partial charge on any atom is 0.278 e. The predicted molar refractivity (Wildman–Crippen MR) is 107 cm³/mol. The van der Waals surface area contributed by atoms with Crippen molar-refractivity contribution in [2.24, 2.45) is 0 Å². The number of hydrogen-bond acceptors (Lipinski definition) is 8. The average molecular weight is 407 g/mol. The van der Waals surface area contributed by atoms with Crippen LogP contribution in [-0.4, -0.2) is 49.8 Å². The summed E-state index contributed by atoms with van der Waals surface area (Å²) in [6, 6.07) is 10.9. The number of carbonyl (C=O) groups excluding carboxylic acids is 1. The van der Waals surface area contributed by atoms with Gasteiger partial charge in [0, 0.05) is 36.3 Å². The summed E-state index contributed by atoms with van der Waals surface area (Å²) in [7, 11) is 0. The molecule has 0 saturated carbocycles. The smallest absolute Gasteiger partial charge is 0.278 e. The van der Waals surface area contributed by atoms with E-state index < -0.39 is 0 Å². The van der Waals surface area contributed by atoms with E-state index in [9.17, 15) is 4.79 Å². The molecule has 1 aliphatic rings. The normalized spacial score (nSPS) is 16.3. The predicted octanol–water partition coefficient (Wildman–Crippen LogP) is 2.38. The van der Waals surface area contributed by atoms with Crippen LogP contribution in [0.1, 0.15) is 16.8 Å². The zero-order valence-electron chi connectivity index (χ0n) is 15.3. The molecule has 0 aliphatic carbocycles. The lowest BCUT2D eigenvalue weighted by Gasteiger charge is -2.17. The summed E-state index contributed by atoms with van der Waals surface area (Å²) in [5.74, 6) is 1.40. The number of thiazole rings is 1. The van der Waals surface area contributed by atoms with Crippen LogP contribution in [0, 0.1) is 0 Å². The quantitative estimate of drug-likeness (QED) is 0.542. The number of rotatable bonds is 5. The highest BCUT2D eigenvalue weighted by molar-refractivity contribution is 7.11. The summed E-state index contributed by atoms with van der Waals surface area (Å²) in [5, 5.41) is 17.9. The van der Waals surface area contributed by atoms with Crippen LogP contribution >= 0.6 is 11.3 Å². The lowest BCUT2D eigenvalue weighted by molar-refractivity contribution is 0.0940. The highest BCUT2D eigenvalue weighted by atomic mass is 32.1. The van der Waals surface area contributed by atoms with Crippen LogP contribution in [0.2, 0.25) is 0 Å². The molecule has 0 bridgehead atoms. The van der Waals surface area contributed by atoms with Crippen LogP contribution < -0.4 is 15.0 Å². The molecule has 1 unspecified atom stereocenters. The fraction of sp³-hybridized carbons (Fsp3) is 0.211. The standard InChI is InChI=1S/C19H17N7O2S/c27-18(13-1-3-15(4-2-13)28-19-20-8-10-29-19)22-14-7-9-25(11-14)17-6-5-16-23-21-12-26(16)24-17/h1-6,8,10,12,14H,7,9,11H2,(H,22,27). The van der Waals surface area contributed by atoms with Crippen molar-refractivity contribution in [1.82, 2.24) is 30.1 Å². The maximum atomic E-state index is 12.6. The van der Waals surface area contributed by atoms with Gasteiger partial charge < -0.3 is 15.0 Å². The Kier molecular flexibility index (Phi) is 4.53. The number of benzene rings is 1. The molecule has 1 amide bonds. The van der Waals surface area contributed by atoms with E-state index in [1.54, 1.807) is 41.3 Å². The second-order valence-corrected chi connectivity index (χ2v) is 7.51. The Labute approximate surface area is 170 Å².